The van der Waals surface area contributed by atoms with Gasteiger partial charge in [-0.1, -0.05) is 13.8 Å². The van der Waals surface area contributed by atoms with E-state index in [9.17, 15) is 13.6 Å². The van der Waals surface area contributed by atoms with Crippen LogP contribution in [0.3, 0.4) is 0 Å². The van der Waals surface area contributed by atoms with E-state index in [1.165, 1.54) is 13.2 Å². The van der Waals surface area contributed by atoms with Gasteiger partial charge in [-0.3, -0.25) is 0 Å². The fraction of sp³-hybridized carbons (Fsp3) is 0.562. The van der Waals surface area contributed by atoms with Crippen LogP contribution >= 0.6 is 0 Å². The lowest BCUT2D eigenvalue weighted by atomic mass is 9.75. The van der Waals surface area contributed by atoms with Crippen molar-refractivity contribution < 1.29 is 18.3 Å². The lowest BCUT2D eigenvalue weighted by Crippen LogP contribution is -2.30. The van der Waals surface area contributed by atoms with Crippen molar-refractivity contribution in [3.05, 3.63) is 29.3 Å². The van der Waals surface area contributed by atoms with Gasteiger partial charge in [0.05, 0.1) is 18.4 Å². The van der Waals surface area contributed by atoms with Crippen molar-refractivity contribution in [2.24, 2.45) is 5.41 Å². The Kier molecular flexibility index (Phi) is 4.49. The molecule has 1 N–H and O–H groups in total. The first-order chi connectivity index (χ1) is 9.82. The average Bonchev–Trinajstić information content (AvgIpc) is 2.43. The van der Waals surface area contributed by atoms with Crippen molar-refractivity contribution >= 4 is 11.7 Å². The maximum absolute atomic E-state index is 13.9. The molecule has 3 nitrogen and oxygen atoms in total. The van der Waals surface area contributed by atoms with E-state index in [0.29, 0.717) is 5.41 Å². The zero-order chi connectivity index (χ0) is 15.6. The van der Waals surface area contributed by atoms with Gasteiger partial charge >= 0.3 is 5.97 Å². The molecule has 116 valence electrons. The number of halogens is 2. The molecule has 1 aromatic rings. The molecular weight excluding hydrogens is 276 g/mol. The smallest absolute Gasteiger partial charge is 0.340 e. The molecule has 1 aliphatic rings. The van der Waals surface area contributed by atoms with Crippen LogP contribution in [0.4, 0.5) is 14.5 Å². The molecule has 1 aliphatic carbocycles. The summed E-state index contributed by atoms with van der Waals surface area (Å²) in [7, 11) is 1.17. The van der Waals surface area contributed by atoms with Crippen LogP contribution in [0.2, 0.25) is 0 Å². The molecule has 0 saturated heterocycles. The molecule has 0 bridgehead atoms. The number of ether oxygens (including phenoxy) is 1. The molecule has 0 spiro atoms. The van der Waals surface area contributed by atoms with Gasteiger partial charge in [0.15, 0.2) is 0 Å². The second kappa shape index (κ2) is 6.00. The zero-order valence-corrected chi connectivity index (χ0v) is 12.6. The predicted molar refractivity (Wildman–Crippen MR) is 77.4 cm³/mol. The van der Waals surface area contributed by atoms with E-state index in [1.807, 2.05) is 0 Å². The van der Waals surface area contributed by atoms with Gasteiger partial charge in [0.2, 0.25) is 0 Å². The van der Waals surface area contributed by atoms with Gasteiger partial charge in [0.1, 0.15) is 11.6 Å². The number of nitrogens with one attached hydrogen (secondary N) is 1. The predicted octanol–water partition coefficient (Wildman–Crippen LogP) is 4.13. The van der Waals surface area contributed by atoms with Crippen molar-refractivity contribution in [2.45, 2.75) is 45.6 Å². The van der Waals surface area contributed by atoms with Gasteiger partial charge in [0, 0.05) is 12.1 Å². The average molecular weight is 297 g/mol. The second-order valence-corrected chi connectivity index (χ2v) is 6.39. The highest BCUT2D eigenvalue weighted by molar-refractivity contribution is 5.90. The normalized spacial score (nSPS) is 18.3. The molecule has 5 heteroatoms. The molecular formula is C16H21F2NO2. The van der Waals surface area contributed by atoms with E-state index in [4.69, 9.17) is 0 Å². The van der Waals surface area contributed by atoms with E-state index >= 15 is 0 Å². The third kappa shape index (κ3) is 3.71. The fourth-order valence-corrected chi connectivity index (χ4v) is 2.69. The Morgan fingerprint density at radius 2 is 1.86 bits per heavy atom. The number of carbonyl (C=O) groups excluding carboxylic acids is 1. The summed E-state index contributed by atoms with van der Waals surface area (Å²) in [5, 5.41) is 3.08. The maximum atomic E-state index is 13.9. The third-order valence-electron chi connectivity index (χ3n) is 4.16. The standard InChI is InChI=1S/C16H21F2NO2/c1-16(2)6-4-10(5-7-16)19-14-8-11(15(20)21-3)12(17)9-13(14)18/h8-10,19H,4-7H2,1-3H3. The van der Waals surface area contributed by atoms with E-state index in [-0.39, 0.29) is 17.3 Å². The number of benzene rings is 1. The summed E-state index contributed by atoms with van der Waals surface area (Å²) < 4.78 is 31.9. The monoisotopic (exact) mass is 297 g/mol. The van der Waals surface area contributed by atoms with E-state index in [2.05, 4.69) is 23.9 Å². The summed E-state index contributed by atoms with van der Waals surface area (Å²) in [5.74, 6) is -2.40. The van der Waals surface area contributed by atoms with E-state index < -0.39 is 17.6 Å². The first-order valence-corrected chi connectivity index (χ1v) is 7.16. The topological polar surface area (TPSA) is 38.3 Å². The zero-order valence-electron chi connectivity index (χ0n) is 12.6. The Morgan fingerprint density at radius 3 is 2.43 bits per heavy atom. The first kappa shape index (κ1) is 15.7. The largest absolute Gasteiger partial charge is 0.465 e. The number of carbonyl (C=O) groups is 1. The molecule has 1 fully saturated rings. The van der Waals surface area contributed by atoms with Crippen LogP contribution in [0, 0.1) is 17.0 Å². The third-order valence-corrected chi connectivity index (χ3v) is 4.16. The highest BCUT2D eigenvalue weighted by atomic mass is 19.1. The van der Waals surface area contributed by atoms with Gasteiger partial charge in [0.25, 0.3) is 0 Å². The second-order valence-electron chi connectivity index (χ2n) is 6.39. The van der Waals surface area contributed by atoms with Crippen molar-refractivity contribution in [3.63, 3.8) is 0 Å². The van der Waals surface area contributed by atoms with Gasteiger partial charge in [-0.15, -0.1) is 0 Å². The molecule has 0 unspecified atom stereocenters. The van der Waals surface area contributed by atoms with Crippen LogP contribution < -0.4 is 5.32 Å². The minimum Gasteiger partial charge on any atom is -0.465 e. The van der Waals surface area contributed by atoms with Gasteiger partial charge in [-0.2, -0.15) is 0 Å². The van der Waals surface area contributed by atoms with Crippen molar-refractivity contribution in [1.29, 1.82) is 0 Å². The van der Waals surface area contributed by atoms with Crippen LogP contribution in [-0.4, -0.2) is 19.1 Å². The Labute approximate surface area is 123 Å². The molecule has 0 amide bonds. The van der Waals surface area contributed by atoms with Crippen LogP contribution in [0.15, 0.2) is 12.1 Å². The van der Waals surface area contributed by atoms with Crippen molar-refractivity contribution in [1.82, 2.24) is 0 Å². The molecule has 0 atom stereocenters. The van der Waals surface area contributed by atoms with E-state index in [1.54, 1.807) is 0 Å². The molecule has 0 aliphatic heterocycles. The lowest BCUT2D eigenvalue weighted by molar-refractivity contribution is 0.0595. The summed E-state index contributed by atoms with van der Waals surface area (Å²) in [5.41, 5.74) is 0.218. The Bertz CT molecular complexity index is 533. The minimum absolute atomic E-state index is 0.142. The number of anilines is 1. The summed E-state index contributed by atoms with van der Waals surface area (Å²) in [6.07, 6.45) is 3.96. The summed E-state index contributed by atoms with van der Waals surface area (Å²) in [6, 6.07) is 2.06. The summed E-state index contributed by atoms with van der Waals surface area (Å²) >= 11 is 0. The SMILES string of the molecule is COC(=O)c1cc(NC2CCC(C)(C)CC2)c(F)cc1F. The van der Waals surface area contributed by atoms with Crippen molar-refractivity contribution in [3.8, 4) is 0 Å². The number of rotatable bonds is 3. The number of methoxy groups -OCH3 is 1. The molecule has 1 saturated carbocycles. The summed E-state index contributed by atoms with van der Waals surface area (Å²) in [4.78, 5) is 11.5. The molecule has 0 aromatic heterocycles. The van der Waals surface area contributed by atoms with Gasteiger partial charge in [-0.25, -0.2) is 13.6 Å². The fourth-order valence-electron chi connectivity index (χ4n) is 2.69. The number of esters is 1. The number of hydrogen-bond donors (Lipinski definition) is 1. The molecule has 1 aromatic carbocycles. The number of hydrogen-bond acceptors (Lipinski definition) is 3. The molecule has 0 radical (unpaired) electrons. The van der Waals surface area contributed by atoms with Crippen molar-refractivity contribution in [2.75, 3.05) is 12.4 Å². The van der Waals surface area contributed by atoms with Crippen LogP contribution in [0.25, 0.3) is 0 Å². The van der Waals surface area contributed by atoms with Crippen LogP contribution in [0.5, 0.6) is 0 Å². The van der Waals surface area contributed by atoms with Gasteiger partial charge in [-0.05, 0) is 37.2 Å². The lowest BCUT2D eigenvalue weighted by Gasteiger charge is -2.35. The maximum Gasteiger partial charge on any atom is 0.340 e. The Hall–Kier alpha value is -1.65. The molecule has 21 heavy (non-hydrogen) atoms. The molecule has 0 heterocycles. The Morgan fingerprint density at radius 1 is 1.24 bits per heavy atom. The highest BCUT2D eigenvalue weighted by Crippen LogP contribution is 2.36. The van der Waals surface area contributed by atoms with Gasteiger partial charge < -0.3 is 10.1 Å². The molecule has 2 rings (SSSR count). The summed E-state index contributed by atoms with van der Waals surface area (Å²) in [6.45, 7) is 4.44. The van der Waals surface area contributed by atoms with E-state index in [0.717, 1.165) is 31.7 Å². The Balaban J connectivity index is 2.15. The van der Waals surface area contributed by atoms with Crippen LogP contribution in [-0.2, 0) is 4.74 Å². The van der Waals surface area contributed by atoms with Crippen LogP contribution in [0.1, 0.15) is 49.9 Å². The highest BCUT2D eigenvalue weighted by Gasteiger charge is 2.27. The first-order valence-electron chi connectivity index (χ1n) is 7.16. The minimum atomic E-state index is -0.908. The quantitative estimate of drug-likeness (QED) is 0.852.